The number of benzene rings is 1. The average molecular weight is 416 g/mol. The number of anilines is 1. The van der Waals surface area contributed by atoms with E-state index >= 15 is 0 Å². The van der Waals surface area contributed by atoms with Crippen LogP contribution in [0.25, 0.3) is 5.69 Å². The van der Waals surface area contributed by atoms with Gasteiger partial charge >= 0.3 is 0 Å². The van der Waals surface area contributed by atoms with E-state index in [9.17, 15) is 4.79 Å². The molecule has 0 bridgehead atoms. The smallest absolute Gasteiger partial charge is 0.256 e. The fraction of sp³-hybridized carbons (Fsp3) is 0.348. The van der Waals surface area contributed by atoms with Crippen LogP contribution >= 0.6 is 0 Å². The molecule has 4 heterocycles. The fourth-order valence-electron chi connectivity index (χ4n) is 4.36. The molecule has 0 aliphatic carbocycles. The van der Waals surface area contributed by atoms with Gasteiger partial charge in [0.05, 0.1) is 23.6 Å². The Balaban J connectivity index is 1.35. The van der Waals surface area contributed by atoms with E-state index in [0.29, 0.717) is 30.3 Å². The Hall–Kier alpha value is -3.55. The third-order valence-electron chi connectivity index (χ3n) is 5.79. The number of nitrogens with zero attached hydrogens (tertiary/aromatic N) is 7. The Labute approximate surface area is 181 Å². The summed E-state index contributed by atoms with van der Waals surface area (Å²) in [6, 6.07) is 9.52. The van der Waals surface area contributed by atoms with Gasteiger partial charge in [0.25, 0.3) is 5.91 Å². The summed E-state index contributed by atoms with van der Waals surface area (Å²) in [4.78, 5) is 28.2. The highest BCUT2D eigenvalue weighted by molar-refractivity contribution is 5.98. The van der Waals surface area contributed by atoms with Crippen LogP contribution in [-0.2, 0) is 6.42 Å². The molecule has 1 amide bonds. The molecule has 2 aliphatic rings. The predicted molar refractivity (Wildman–Crippen MR) is 117 cm³/mol. The molecule has 1 fully saturated rings. The Bertz CT molecular complexity index is 1140. The molecule has 1 unspecified atom stereocenters. The molecule has 0 N–H and O–H groups in total. The van der Waals surface area contributed by atoms with Crippen LogP contribution in [0.2, 0.25) is 0 Å². The van der Waals surface area contributed by atoms with Gasteiger partial charge in [-0.15, -0.1) is 0 Å². The molecule has 31 heavy (non-hydrogen) atoms. The first-order valence-electron chi connectivity index (χ1n) is 10.7. The summed E-state index contributed by atoms with van der Waals surface area (Å²) in [5.74, 6) is 2.18. The molecule has 1 atom stereocenters. The van der Waals surface area contributed by atoms with Gasteiger partial charge in [0, 0.05) is 49.9 Å². The number of hydrogen-bond acceptors (Lipinski definition) is 6. The molecular formula is C23H25N7O. The number of amides is 1. The summed E-state index contributed by atoms with van der Waals surface area (Å²) in [6.07, 6.45) is 7.30. The van der Waals surface area contributed by atoms with Crippen LogP contribution in [0.3, 0.4) is 0 Å². The average Bonchev–Trinajstić information content (AvgIpc) is 3.49. The van der Waals surface area contributed by atoms with Gasteiger partial charge in [-0.1, -0.05) is 19.1 Å². The summed E-state index contributed by atoms with van der Waals surface area (Å²) >= 11 is 0. The molecule has 3 aromatic rings. The summed E-state index contributed by atoms with van der Waals surface area (Å²) in [7, 11) is 0. The van der Waals surface area contributed by atoms with Crippen LogP contribution < -0.4 is 4.90 Å². The topological polar surface area (TPSA) is 80.0 Å². The monoisotopic (exact) mass is 415 g/mol. The van der Waals surface area contributed by atoms with Gasteiger partial charge in [-0.3, -0.25) is 4.79 Å². The second kappa shape index (κ2) is 7.94. The molecule has 2 aromatic heterocycles. The molecule has 1 aromatic carbocycles. The fourth-order valence-corrected chi connectivity index (χ4v) is 4.36. The second-order valence-corrected chi connectivity index (χ2v) is 8.11. The van der Waals surface area contributed by atoms with Crippen molar-refractivity contribution < 1.29 is 4.79 Å². The van der Waals surface area contributed by atoms with Crippen molar-refractivity contribution in [3.05, 3.63) is 71.6 Å². The highest BCUT2D eigenvalue weighted by Crippen LogP contribution is 2.33. The van der Waals surface area contributed by atoms with Gasteiger partial charge in [0.1, 0.15) is 11.6 Å². The Morgan fingerprint density at radius 1 is 1.13 bits per heavy atom. The largest absolute Gasteiger partial charge is 0.334 e. The molecule has 0 radical (unpaired) electrons. The van der Waals surface area contributed by atoms with E-state index in [0.717, 1.165) is 36.7 Å². The zero-order valence-electron chi connectivity index (χ0n) is 17.8. The highest BCUT2D eigenvalue weighted by atomic mass is 16.2. The number of aromatic nitrogens is 5. The van der Waals surface area contributed by atoms with Crippen LogP contribution in [0.15, 0.2) is 54.5 Å². The van der Waals surface area contributed by atoms with Crippen LogP contribution in [0.4, 0.5) is 5.82 Å². The maximum absolute atomic E-state index is 13.3. The minimum atomic E-state index is 0.0119. The number of likely N-dealkylation sites (tertiary alicyclic amines) is 1. The van der Waals surface area contributed by atoms with E-state index < -0.39 is 0 Å². The number of aryl methyl sites for hydroxylation is 2. The van der Waals surface area contributed by atoms with E-state index in [-0.39, 0.29) is 5.91 Å². The van der Waals surface area contributed by atoms with Crippen LogP contribution in [0.5, 0.6) is 0 Å². The van der Waals surface area contributed by atoms with Gasteiger partial charge in [0.2, 0.25) is 0 Å². The summed E-state index contributed by atoms with van der Waals surface area (Å²) in [5, 5.41) is 8.38. The molecular weight excluding hydrogens is 390 g/mol. The quantitative estimate of drug-likeness (QED) is 0.638. The van der Waals surface area contributed by atoms with Gasteiger partial charge in [-0.25, -0.2) is 9.97 Å². The maximum Gasteiger partial charge on any atom is 0.256 e. The normalized spacial score (nSPS) is 17.7. The molecule has 158 valence electrons. The van der Waals surface area contributed by atoms with Crippen molar-refractivity contribution >= 4 is 11.7 Å². The van der Waals surface area contributed by atoms with Crippen molar-refractivity contribution in [3.63, 3.8) is 0 Å². The number of carbonyl (C=O) groups is 1. The molecule has 5 rings (SSSR count). The first-order chi connectivity index (χ1) is 15.1. The minimum absolute atomic E-state index is 0.0119. The Morgan fingerprint density at radius 2 is 1.94 bits per heavy atom. The second-order valence-electron chi connectivity index (χ2n) is 8.11. The van der Waals surface area contributed by atoms with Crippen LogP contribution in [-0.4, -0.2) is 55.4 Å². The highest BCUT2D eigenvalue weighted by Gasteiger charge is 2.37. The lowest BCUT2D eigenvalue weighted by Gasteiger charge is -2.21. The Kier molecular flexibility index (Phi) is 4.97. The van der Waals surface area contributed by atoms with Crippen molar-refractivity contribution in [2.75, 3.05) is 24.5 Å². The third-order valence-corrected chi connectivity index (χ3v) is 5.79. The van der Waals surface area contributed by atoms with Crippen molar-refractivity contribution in [1.82, 2.24) is 29.9 Å². The van der Waals surface area contributed by atoms with E-state index in [2.05, 4.69) is 33.2 Å². The lowest BCUT2D eigenvalue weighted by molar-refractivity contribution is 0.0788. The number of rotatable bonds is 5. The van der Waals surface area contributed by atoms with Crippen LogP contribution in [0.1, 0.15) is 35.2 Å². The molecule has 0 saturated carbocycles. The third kappa shape index (κ3) is 3.69. The zero-order valence-corrected chi connectivity index (χ0v) is 17.8. The lowest BCUT2D eigenvalue weighted by atomic mass is 10.1. The van der Waals surface area contributed by atoms with E-state index in [1.807, 2.05) is 42.2 Å². The standard InChI is InChI=1S/C23H25N7O/c1-3-6-21-26-16(2)11-22(27-21)28-12-17-14-29(15-18(17)13-28)23(31)19-7-4-5-8-20(19)30-24-9-10-25-30/h4-5,7-12,18H,3,6,13-15H2,1-2H3. The number of fused-ring (bicyclic) bond motifs is 1. The lowest BCUT2D eigenvalue weighted by Crippen LogP contribution is -2.32. The number of para-hydroxylation sites is 1. The van der Waals surface area contributed by atoms with Crippen molar-refractivity contribution in [1.29, 1.82) is 0 Å². The van der Waals surface area contributed by atoms with Gasteiger partial charge < -0.3 is 9.80 Å². The first kappa shape index (κ1) is 19.4. The summed E-state index contributed by atoms with van der Waals surface area (Å²) < 4.78 is 0. The van der Waals surface area contributed by atoms with Gasteiger partial charge in [-0.2, -0.15) is 15.0 Å². The number of hydrogen-bond donors (Lipinski definition) is 0. The molecule has 1 saturated heterocycles. The van der Waals surface area contributed by atoms with Crippen molar-refractivity contribution in [2.45, 2.75) is 26.7 Å². The summed E-state index contributed by atoms with van der Waals surface area (Å²) in [5.41, 5.74) is 3.58. The van der Waals surface area contributed by atoms with E-state index in [4.69, 9.17) is 4.98 Å². The van der Waals surface area contributed by atoms with Crippen molar-refractivity contribution in [2.24, 2.45) is 5.92 Å². The predicted octanol–water partition coefficient (Wildman–Crippen LogP) is 2.79. The van der Waals surface area contributed by atoms with E-state index in [1.54, 1.807) is 12.4 Å². The molecule has 2 aliphatic heterocycles. The minimum Gasteiger partial charge on any atom is -0.334 e. The van der Waals surface area contributed by atoms with Gasteiger partial charge in [-0.05, 0) is 31.1 Å². The zero-order chi connectivity index (χ0) is 21.4. The first-order valence-corrected chi connectivity index (χ1v) is 10.7. The van der Waals surface area contributed by atoms with Crippen molar-refractivity contribution in [3.8, 4) is 5.69 Å². The molecule has 0 spiro atoms. The van der Waals surface area contributed by atoms with Crippen LogP contribution in [0, 0.1) is 12.8 Å². The maximum atomic E-state index is 13.3. The summed E-state index contributed by atoms with van der Waals surface area (Å²) in [6.45, 7) is 6.32. The SMILES string of the molecule is CCCc1nc(C)cc(N2C=C3CN(C(=O)c4ccccc4-n4nccn4)CC3C2)n1. The van der Waals surface area contributed by atoms with Gasteiger partial charge in [0.15, 0.2) is 0 Å². The molecule has 8 heteroatoms. The van der Waals surface area contributed by atoms with E-state index in [1.165, 1.54) is 10.4 Å². The molecule has 8 nitrogen and oxygen atoms in total. The Morgan fingerprint density at radius 3 is 2.71 bits per heavy atom. The number of carbonyl (C=O) groups excluding carboxylic acids is 1.